The SMILES string of the molecule is CCCCCCCNC(C)c1cccc(OC(C)C)c1. The van der Waals surface area contributed by atoms with E-state index in [4.69, 9.17) is 4.74 Å². The molecule has 1 N–H and O–H groups in total. The Morgan fingerprint density at radius 1 is 1.05 bits per heavy atom. The number of rotatable bonds is 10. The van der Waals surface area contributed by atoms with Gasteiger partial charge >= 0.3 is 0 Å². The van der Waals surface area contributed by atoms with E-state index < -0.39 is 0 Å². The van der Waals surface area contributed by atoms with E-state index in [1.165, 1.54) is 37.7 Å². The smallest absolute Gasteiger partial charge is 0.120 e. The van der Waals surface area contributed by atoms with E-state index >= 15 is 0 Å². The van der Waals surface area contributed by atoms with Crippen LogP contribution in [0, 0.1) is 0 Å². The Labute approximate surface area is 124 Å². The van der Waals surface area contributed by atoms with E-state index in [0.29, 0.717) is 6.04 Å². The van der Waals surface area contributed by atoms with Crippen LogP contribution in [0.5, 0.6) is 5.75 Å². The van der Waals surface area contributed by atoms with E-state index in [9.17, 15) is 0 Å². The Kier molecular flexibility index (Phi) is 8.36. The first-order valence-corrected chi connectivity index (χ1v) is 8.13. The molecule has 2 nitrogen and oxygen atoms in total. The largest absolute Gasteiger partial charge is 0.491 e. The second-order valence-corrected chi connectivity index (χ2v) is 5.83. The maximum absolute atomic E-state index is 5.75. The summed E-state index contributed by atoms with van der Waals surface area (Å²) in [4.78, 5) is 0. The third-order valence-electron chi connectivity index (χ3n) is 3.46. The van der Waals surface area contributed by atoms with Crippen molar-refractivity contribution in [1.29, 1.82) is 0 Å². The van der Waals surface area contributed by atoms with Gasteiger partial charge in [0.2, 0.25) is 0 Å². The molecule has 0 aromatic heterocycles. The highest BCUT2D eigenvalue weighted by Gasteiger charge is 2.06. The molecule has 1 aromatic rings. The molecule has 0 aliphatic rings. The number of nitrogens with one attached hydrogen (secondary N) is 1. The molecule has 1 unspecified atom stereocenters. The molecule has 0 saturated carbocycles. The van der Waals surface area contributed by atoms with E-state index in [2.05, 4.69) is 51.2 Å². The molecular weight excluding hydrogens is 246 g/mol. The second kappa shape index (κ2) is 9.82. The van der Waals surface area contributed by atoms with Crippen molar-refractivity contribution in [2.24, 2.45) is 0 Å². The summed E-state index contributed by atoms with van der Waals surface area (Å²) in [7, 11) is 0. The van der Waals surface area contributed by atoms with E-state index in [0.717, 1.165) is 12.3 Å². The van der Waals surface area contributed by atoms with Crippen molar-refractivity contribution >= 4 is 0 Å². The Balaban J connectivity index is 2.33. The lowest BCUT2D eigenvalue weighted by atomic mass is 10.1. The number of ether oxygens (including phenoxy) is 1. The fraction of sp³-hybridized carbons (Fsp3) is 0.667. The van der Waals surface area contributed by atoms with Gasteiger partial charge in [0.1, 0.15) is 5.75 Å². The zero-order valence-corrected chi connectivity index (χ0v) is 13.6. The van der Waals surface area contributed by atoms with Gasteiger partial charge in [0.25, 0.3) is 0 Å². The quantitative estimate of drug-likeness (QED) is 0.601. The van der Waals surface area contributed by atoms with Gasteiger partial charge in [-0.05, 0) is 51.4 Å². The molecule has 20 heavy (non-hydrogen) atoms. The van der Waals surface area contributed by atoms with Crippen molar-refractivity contribution < 1.29 is 4.74 Å². The zero-order chi connectivity index (χ0) is 14.8. The van der Waals surface area contributed by atoms with Gasteiger partial charge in [0, 0.05) is 6.04 Å². The summed E-state index contributed by atoms with van der Waals surface area (Å²) >= 11 is 0. The van der Waals surface area contributed by atoms with Gasteiger partial charge in [-0.1, -0.05) is 44.7 Å². The molecule has 0 aliphatic carbocycles. The van der Waals surface area contributed by atoms with Gasteiger partial charge in [-0.2, -0.15) is 0 Å². The lowest BCUT2D eigenvalue weighted by molar-refractivity contribution is 0.242. The molecule has 2 heteroatoms. The van der Waals surface area contributed by atoms with Crippen LogP contribution in [0.15, 0.2) is 24.3 Å². The van der Waals surface area contributed by atoms with Crippen LogP contribution in [-0.4, -0.2) is 12.6 Å². The minimum atomic E-state index is 0.229. The minimum Gasteiger partial charge on any atom is -0.491 e. The van der Waals surface area contributed by atoms with Gasteiger partial charge < -0.3 is 10.1 Å². The lowest BCUT2D eigenvalue weighted by Gasteiger charge is -2.16. The average Bonchev–Trinajstić information content (AvgIpc) is 2.42. The summed E-state index contributed by atoms with van der Waals surface area (Å²) in [6, 6.07) is 8.81. The third-order valence-corrected chi connectivity index (χ3v) is 3.46. The summed E-state index contributed by atoms with van der Waals surface area (Å²) in [6.07, 6.45) is 6.88. The molecular formula is C18H31NO. The molecule has 0 heterocycles. The number of unbranched alkanes of at least 4 members (excludes halogenated alkanes) is 4. The molecule has 0 amide bonds. The van der Waals surface area contributed by atoms with E-state index in [-0.39, 0.29) is 6.10 Å². The van der Waals surface area contributed by atoms with E-state index in [1.807, 2.05) is 6.07 Å². The van der Waals surface area contributed by atoms with Crippen LogP contribution in [0.4, 0.5) is 0 Å². The first-order valence-electron chi connectivity index (χ1n) is 8.13. The Bertz CT molecular complexity index is 362. The highest BCUT2D eigenvalue weighted by atomic mass is 16.5. The van der Waals surface area contributed by atoms with Crippen molar-refractivity contribution in [2.45, 2.75) is 71.9 Å². The van der Waals surface area contributed by atoms with Crippen LogP contribution < -0.4 is 10.1 Å². The summed E-state index contributed by atoms with van der Waals surface area (Å²) in [5.74, 6) is 0.967. The Morgan fingerprint density at radius 3 is 2.50 bits per heavy atom. The zero-order valence-electron chi connectivity index (χ0n) is 13.6. The first-order chi connectivity index (χ1) is 9.63. The van der Waals surface area contributed by atoms with Crippen LogP contribution in [-0.2, 0) is 0 Å². The molecule has 0 bridgehead atoms. The van der Waals surface area contributed by atoms with Gasteiger partial charge in [-0.25, -0.2) is 0 Å². The Morgan fingerprint density at radius 2 is 1.80 bits per heavy atom. The maximum atomic E-state index is 5.75. The van der Waals surface area contributed by atoms with Crippen molar-refractivity contribution in [3.05, 3.63) is 29.8 Å². The standard InChI is InChI=1S/C18H31NO/c1-5-6-7-8-9-13-19-16(4)17-11-10-12-18(14-17)20-15(2)3/h10-12,14-16,19H,5-9,13H2,1-4H3. The average molecular weight is 277 g/mol. The van der Waals surface area contributed by atoms with E-state index in [1.54, 1.807) is 0 Å². The van der Waals surface area contributed by atoms with Crippen molar-refractivity contribution in [2.75, 3.05) is 6.54 Å². The minimum absolute atomic E-state index is 0.229. The fourth-order valence-corrected chi connectivity index (χ4v) is 2.29. The van der Waals surface area contributed by atoms with Gasteiger partial charge in [-0.3, -0.25) is 0 Å². The molecule has 0 spiro atoms. The maximum Gasteiger partial charge on any atom is 0.120 e. The third kappa shape index (κ3) is 6.95. The lowest BCUT2D eigenvalue weighted by Crippen LogP contribution is -2.20. The van der Waals surface area contributed by atoms with Gasteiger partial charge in [0.05, 0.1) is 6.10 Å². The number of benzene rings is 1. The molecule has 114 valence electrons. The molecule has 0 radical (unpaired) electrons. The van der Waals surface area contributed by atoms with Crippen LogP contribution >= 0.6 is 0 Å². The molecule has 1 rings (SSSR count). The number of hydrogen-bond donors (Lipinski definition) is 1. The summed E-state index contributed by atoms with van der Waals surface area (Å²) in [6.45, 7) is 9.70. The van der Waals surface area contributed by atoms with Gasteiger partial charge in [0.15, 0.2) is 0 Å². The molecule has 1 atom stereocenters. The first kappa shape index (κ1) is 17.0. The van der Waals surface area contributed by atoms with Crippen molar-refractivity contribution in [3.63, 3.8) is 0 Å². The fourth-order valence-electron chi connectivity index (χ4n) is 2.29. The Hall–Kier alpha value is -1.02. The molecule has 0 saturated heterocycles. The van der Waals surface area contributed by atoms with Gasteiger partial charge in [-0.15, -0.1) is 0 Å². The predicted octanol–water partition coefficient (Wildman–Crippen LogP) is 5.09. The molecule has 0 fully saturated rings. The van der Waals surface area contributed by atoms with Crippen LogP contribution in [0.1, 0.15) is 71.4 Å². The summed E-state index contributed by atoms with van der Waals surface area (Å²) < 4.78 is 5.75. The van der Waals surface area contributed by atoms with Crippen LogP contribution in [0.2, 0.25) is 0 Å². The van der Waals surface area contributed by atoms with Crippen LogP contribution in [0.3, 0.4) is 0 Å². The second-order valence-electron chi connectivity index (χ2n) is 5.83. The summed E-state index contributed by atoms with van der Waals surface area (Å²) in [5, 5.41) is 3.60. The monoisotopic (exact) mass is 277 g/mol. The predicted molar refractivity (Wildman–Crippen MR) is 87.4 cm³/mol. The molecule has 0 aliphatic heterocycles. The van der Waals surface area contributed by atoms with Crippen molar-refractivity contribution in [1.82, 2.24) is 5.32 Å². The topological polar surface area (TPSA) is 21.3 Å². The highest BCUT2D eigenvalue weighted by Crippen LogP contribution is 2.20. The molecule has 1 aromatic carbocycles. The van der Waals surface area contributed by atoms with Crippen LogP contribution in [0.25, 0.3) is 0 Å². The highest BCUT2D eigenvalue weighted by molar-refractivity contribution is 5.30. The number of hydrogen-bond acceptors (Lipinski definition) is 2. The normalized spacial score (nSPS) is 12.7. The van der Waals surface area contributed by atoms with Crippen molar-refractivity contribution in [3.8, 4) is 5.75 Å². The summed E-state index contributed by atoms with van der Waals surface area (Å²) in [5.41, 5.74) is 1.30.